The number of nitrogens with zero attached hydrogens (tertiary/aromatic N) is 1. The minimum atomic E-state index is -3.40. The van der Waals surface area contributed by atoms with Crippen LogP contribution in [0, 0.1) is 0 Å². The average Bonchev–Trinajstić information content (AvgIpc) is 2.96. The van der Waals surface area contributed by atoms with E-state index in [-0.39, 0.29) is 18.0 Å². The molecule has 0 spiro atoms. The zero-order chi connectivity index (χ0) is 19.9. The molecule has 0 aromatic heterocycles. The van der Waals surface area contributed by atoms with E-state index in [1.54, 1.807) is 42.5 Å². The number of hydrogen-bond donors (Lipinski definition) is 0. The fraction of sp³-hybridized carbons (Fsp3) is 0.381. The molecule has 2 aliphatic heterocycles. The first kappa shape index (κ1) is 19.3. The monoisotopic (exact) mass is 419 g/mol. The minimum Gasteiger partial charge on any atom is -0.496 e. The molecule has 148 valence electrons. The van der Waals surface area contributed by atoms with Crippen LogP contribution in [0.15, 0.2) is 53.4 Å². The van der Waals surface area contributed by atoms with E-state index in [1.807, 2.05) is 11.0 Å². The van der Waals surface area contributed by atoms with Gasteiger partial charge >= 0.3 is 0 Å². The summed E-state index contributed by atoms with van der Waals surface area (Å²) in [5.74, 6) is 0.343. The Bertz CT molecular complexity index is 979. The molecular weight excluding hydrogens is 398 g/mol. The summed E-state index contributed by atoms with van der Waals surface area (Å²) in [6.45, 7) is 0. The van der Waals surface area contributed by atoms with Crippen LogP contribution in [0.2, 0.25) is 5.02 Å². The minimum absolute atomic E-state index is 0.0848. The van der Waals surface area contributed by atoms with Crippen LogP contribution in [0.1, 0.15) is 36.0 Å². The van der Waals surface area contributed by atoms with E-state index in [0.29, 0.717) is 34.1 Å². The van der Waals surface area contributed by atoms with Crippen molar-refractivity contribution in [1.82, 2.24) is 4.90 Å². The fourth-order valence-corrected chi connectivity index (χ4v) is 6.55. The third kappa shape index (κ3) is 3.29. The molecular formula is C21H22ClNO4S. The SMILES string of the molecule is COc1ccc(Cl)cc1C(=O)N1C2CCC1CC(S(=O)(=O)c1ccccc1)C2. The topological polar surface area (TPSA) is 63.7 Å². The van der Waals surface area contributed by atoms with E-state index < -0.39 is 15.1 Å². The number of fused-ring (bicyclic) bond motifs is 2. The number of halogens is 1. The largest absolute Gasteiger partial charge is 0.496 e. The highest BCUT2D eigenvalue weighted by Gasteiger charge is 2.47. The molecule has 2 aliphatic rings. The number of carbonyl (C=O) groups is 1. The number of rotatable bonds is 4. The number of ether oxygens (including phenoxy) is 1. The predicted octanol–water partition coefficient (Wildman–Crippen LogP) is 3.96. The fourth-order valence-electron chi connectivity index (χ4n) is 4.50. The van der Waals surface area contributed by atoms with Gasteiger partial charge in [-0.25, -0.2) is 8.42 Å². The van der Waals surface area contributed by atoms with Crippen molar-refractivity contribution < 1.29 is 17.9 Å². The highest BCUT2D eigenvalue weighted by atomic mass is 35.5. The highest BCUT2D eigenvalue weighted by molar-refractivity contribution is 7.92. The van der Waals surface area contributed by atoms with Gasteiger partial charge < -0.3 is 9.64 Å². The summed E-state index contributed by atoms with van der Waals surface area (Å²) in [7, 11) is -1.88. The molecule has 0 aliphatic carbocycles. The Hall–Kier alpha value is -2.05. The molecule has 4 rings (SSSR count). The lowest BCUT2D eigenvalue weighted by molar-refractivity contribution is 0.0595. The Kier molecular flexibility index (Phi) is 5.10. The molecule has 0 radical (unpaired) electrons. The summed E-state index contributed by atoms with van der Waals surface area (Å²) in [6.07, 6.45) is 2.56. The molecule has 0 N–H and O–H groups in total. The van der Waals surface area contributed by atoms with E-state index in [1.165, 1.54) is 7.11 Å². The second-order valence-electron chi connectivity index (χ2n) is 7.39. The maximum absolute atomic E-state index is 13.3. The van der Waals surface area contributed by atoms with Crippen LogP contribution < -0.4 is 4.74 Å². The Labute approximate surface area is 170 Å². The first-order valence-electron chi connectivity index (χ1n) is 9.37. The van der Waals surface area contributed by atoms with Gasteiger partial charge in [0.15, 0.2) is 9.84 Å². The Morgan fingerprint density at radius 2 is 1.71 bits per heavy atom. The number of piperidine rings is 1. The van der Waals surface area contributed by atoms with Gasteiger partial charge in [-0.15, -0.1) is 0 Å². The first-order chi connectivity index (χ1) is 13.4. The van der Waals surface area contributed by atoms with Crippen molar-refractivity contribution in [1.29, 1.82) is 0 Å². The molecule has 2 fully saturated rings. The summed E-state index contributed by atoms with van der Waals surface area (Å²) in [4.78, 5) is 15.5. The van der Waals surface area contributed by atoms with Crippen molar-refractivity contribution in [3.05, 3.63) is 59.1 Å². The van der Waals surface area contributed by atoms with Gasteiger partial charge in [-0.05, 0) is 56.0 Å². The van der Waals surface area contributed by atoms with Crippen molar-refractivity contribution in [2.75, 3.05) is 7.11 Å². The molecule has 2 atom stereocenters. The van der Waals surface area contributed by atoms with Crippen LogP contribution in [0.25, 0.3) is 0 Å². The molecule has 2 aromatic carbocycles. The van der Waals surface area contributed by atoms with Gasteiger partial charge in [-0.1, -0.05) is 29.8 Å². The van der Waals surface area contributed by atoms with Crippen LogP contribution in [0.3, 0.4) is 0 Å². The smallest absolute Gasteiger partial charge is 0.258 e. The van der Waals surface area contributed by atoms with Crippen molar-refractivity contribution in [3.63, 3.8) is 0 Å². The summed E-state index contributed by atoms with van der Waals surface area (Å²) in [5.41, 5.74) is 0.427. The van der Waals surface area contributed by atoms with Crippen LogP contribution in [0.5, 0.6) is 5.75 Å². The quantitative estimate of drug-likeness (QED) is 0.752. The Morgan fingerprint density at radius 3 is 2.32 bits per heavy atom. The number of methoxy groups -OCH3 is 1. The normalized spacial score (nSPS) is 24.2. The first-order valence-corrected chi connectivity index (χ1v) is 11.3. The van der Waals surface area contributed by atoms with Crippen molar-refractivity contribution >= 4 is 27.3 Å². The van der Waals surface area contributed by atoms with E-state index in [0.717, 1.165) is 12.8 Å². The van der Waals surface area contributed by atoms with Gasteiger partial charge in [0, 0.05) is 17.1 Å². The summed E-state index contributed by atoms with van der Waals surface area (Å²) < 4.78 is 31.4. The molecule has 2 saturated heterocycles. The lowest BCUT2D eigenvalue weighted by atomic mass is 10.0. The third-order valence-electron chi connectivity index (χ3n) is 5.83. The number of benzene rings is 2. The van der Waals surface area contributed by atoms with Crippen LogP contribution in [-0.2, 0) is 9.84 Å². The third-order valence-corrected chi connectivity index (χ3v) is 8.25. The van der Waals surface area contributed by atoms with Gasteiger partial charge in [0.25, 0.3) is 5.91 Å². The molecule has 7 heteroatoms. The Morgan fingerprint density at radius 1 is 1.07 bits per heavy atom. The van der Waals surface area contributed by atoms with Gasteiger partial charge in [0.2, 0.25) is 0 Å². The highest BCUT2D eigenvalue weighted by Crippen LogP contribution is 2.41. The molecule has 2 aromatic rings. The zero-order valence-electron chi connectivity index (χ0n) is 15.5. The molecule has 0 saturated carbocycles. The van der Waals surface area contributed by atoms with Crippen LogP contribution in [0.4, 0.5) is 0 Å². The maximum atomic E-state index is 13.3. The van der Waals surface area contributed by atoms with Crippen LogP contribution in [-0.4, -0.2) is 43.7 Å². The zero-order valence-corrected chi connectivity index (χ0v) is 17.1. The second-order valence-corrected chi connectivity index (χ2v) is 10.1. The van der Waals surface area contributed by atoms with Crippen molar-refractivity contribution in [2.24, 2.45) is 0 Å². The van der Waals surface area contributed by atoms with E-state index in [2.05, 4.69) is 0 Å². The molecule has 2 bridgehead atoms. The van der Waals surface area contributed by atoms with Gasteiger partial charge in [-0.2, -0.15) is 0 Å². The summed E-state index contributed by atoms with van der Waals surface area (Å²) >= 11 is 6.09. The number of hydrogen-bond acceptors (Lipinski definition) is 4. The predicted molar refractivity (Wildman–Crippen MR) is 108 cm³/mol. The van der Waals surface area contributed by atoms with E-state index in [4.69, 9.17) is 16.3 Å². The van der Waals surface area contributed by atoms with E-state index in [9.17, 15) is 13.2 Å². The van der Waals surface area contributed by atoms with E-state index >= 15 is 0 Å². The number of carbonyl (C=O) groups excluding carboxylic acids is 1. The number of amides is 1. The van der Waals surface area contributed by atoms with Gasteiger partial charge in [-0.3, -0.25) is 4.79 Å². The number of sulfone groups is 1. The van der Waals surface area contributed by atoms with Gasteiger partial charge in [0.05, 0.1) is 22.8 Å². The van der Waals surface area contributed by atoms with Crippen molar-refractivity contribution in [2.45, 2.75) is 47.9 Å². The standard InChI is InChI=1S/C21H22ClNO4S/c1-27-20-10-7-14(22)11-19(20)21(24)23-15-8-9-16(23)13-18(12-15)28(25,26)17-5-3-2-4-6-17/h2-7,10-11,15-16,18H,8-9,12-13H2,1H3. The maximum Gasteiger partial charge on any atom is 0.258 e. The summed E-state index contributed by atoms with van der Waals surface area (Å²) in [6, 6.07) is 13.4. The molecule has 2 heterocycles. The molecule has 28 heavy (non-hydrogen) atoms. The lowest BCUT2D eigenvalue weighted by Gasteiger charge is -2.39. The molecule has 5 nitrogen and oxygen atoms in total. The van der Waals surface area contributed by atoms with Crippen molar-refractivity contribution in [3.8, 4) is 5.75 Å². The lowest BCUT2D eigenvalue weighted by Crippen LogP contribution is -2.49. The Balaban J connectivity index is 1.60. The van der Waals surface area contributed by atoms with Crippen LogP contribution >= 0.6 is 11.6 Å². The molecule has 1 amide bonds. The van der Waals surface area contributed by atoms with Gasteiger partial charge in [0.1, 0.15) is 5.75 Å². The average molecular weight is 420 g/mol. The molecule has 2 unspecified atom stereocenters. The second kappa shape index (κ2) is 7.41. The summed E-state index contributed by atoms with van der Waals surface area (Å²) in [5, 5.41) is 0.00995.